The fraction of sp³-hybridized carbons (Fsp3) is 1.00. The molecule has 0 radical (unpaired) electrons. The summed E-state index contributed by atoms with van der Waals surface area (Å²) in [6.07, 6.45) is 0. The summed E-state index contributed by atoms with van der Waals surface area (Å²) in [5, 5.41) is 0. The van der Waals surface area contributed by atoms with E-state index in [1.54, 1.807) is 0 Å². The Labute approximate surface area is 46.8 Å². The standard InChI is InChI=1S/C4H10GeO2/c1-5(2)6-3-4-7-5/h3-4H2,1-2H3. The maximum atomic E-state index is 5.31. The first-order valence-corrected chi connectivity index (χ1v) is 8.39. The predicted octanol–water partition coefficient (Wildman–Crippen LogP) is 0.735. The van der Waals surface area contributed by atoms with Gasteiger partial charge in [-0.3, -0.25) is 0 Å². The second-order valence-electron chi connectivity index (χ2n) is 2.10. The molecule has 0 unspecified atom stereocenters. The molecule has 2 nitrogen and oxygen atoms in total. The van der Waals surface area contributed by atoms with Gasteiger partial charge in [-0.25, -0.2) is 0 Å². The zero-order chi connectivity index (χ0) is 5.33. The Bertz CT molecular complexity index is 64.1. The van der Waals surface area contributed by atoms with E-state index in [-0.39, 0.29) is 0 Å². The first-order valence-electron chi connectivity index (χ1n) is 2.49. The van der Waals surface area contributed by atoms with Crippen LogP contribution in [0.15, 0.2) is 0 Å². The Kier molecular flexibility index (Phi) is 1.41. The van der Waals surface area contributed by atoms with E-state index in [1.165, 1.54) is 0 Å². The summed E-state index contributed by atoms with van der Waals surface area (Å²) in [6, 6.07) is 0. The van der Waals surface area contributed by atoms with Crippen LogP contribution in [0.25, 0.3) is 0 Å². The van der Waals surface area contributed by atoms with Crippen LogP contribution in [0, 0.1) is 0 Å². The van der Waals surface area contributed by atoms with Crippen molar-refractivity contribution >= 4 is 13.9 Å². The molecule has 0 aromatic carbocycles. The molecule has 0 aliphatic carbocycles. The van der Waals surface area contributed by atoms with Crippen LogP contribution >= 0.6 is 0 Å². The Balaban J connectivity index is 2.40. The molecule has 3 heteroatoms. The van der Waals surface area contributed by atoms with Crippen LogP contribution in [-0.4, -0.2) is 27.2 Å². The third-order valence-corrected chi connectivity index (χ3v) is 4.76. The van der Waals surface area contributed by atoms with Crippen LogP contribution in [0.1, 0.15) is 0 Å². The van der Waals surface area contributed by atoms with Crippen molar-refractivity contribution in [1.82, 2.24) is 0 Å². The van der Waals surface area contributed by atoms with Crippen molar-refractivity contribution in [3.05, 3.63) is 0 Å². The molecule has 1 heterocycles. The van der Waals surface area contributed by atoms with Gasteiger partial charge >= 0.3 is 46.2 Å². The van der Waals surface area contributed by atoms with E-state index < -0.39 is 13.9 Å². The van der Waals surface area contributed by atoms with Gasteiger partial charge in [0, 0.05) is 0 Å². The van der Waals surface area contributed by atoms with Crippen molar-refractivity contribution < 1.29 is 7.53 Å². The fourth-order valence-corrected chi connectivity index (χ4v) is 3.20. The normalized spacial score (nSPS) is 28.3. The second-order valence-corrected chi connectivity index (χ2v) is 9.18. The second kappa shape index (κ2) is 1.76. The fourth-order valence-electron chi connectivity index (χ4n) is 0.617. The minimum absolute atomic E-state index is 0.826. The average molecular weight is 163 g/mol. The first kappa shape index (κ1) is 5.60. The molecule has 7 heavy (non-hydrogen) atoms. The third kappa shape index (κ3) is 1.44. The topological polar surface area (TPSA) is 18.5 Å². The molecule has 0 amide bonds. The molecule has 1 fully saturated rings. The molecule has 1 rings (SSSR count). The van der Waals surface area contributed by atoms with Crippen LogP contribution in [0.4, 0.5) is 0 Å². The van der Waals surface area contributed by atoms with Gasteiger partial charge in [0.15, 0.2) is 0 Å². The molecule has 42 valence electrons. The van der Waals surface area contributed by atoms with Gasteiger partial charge in [0.25, 0.3) is 0 Å². The Morgan fingerprint density at radius 3 is 1.71 bits per heavy atom. The Hall–Kier alpha value is 0.463. The van der Waals surface area contributed by atoms with Gasteiger partial charge in [-0.1, -0.05) is 0 Å². The summed E-state index contributed by atoms with van der Waals surface area (Å²) in [4.78, 5) is 0. The molecular formula is C4H10GeO2. The predicted molar refractivity (Wildman–Crippen MR) is 29.4 cm³/mol. The van der Waals surface area contributed by atoms with Crippen molar-refractivity contribution in [2.45, 2.75) is 11.5 Å². The Morgan fingerprint density at radius 1 is 1.14 bits per heavy atom. The zero-order valence-electron chi connectivity index (χ0n) is 4.73. The summed E-state index contributed by atoms with van der Waals surface area (Å²) in [5.74, 6) is 4.21. The first-order chi connectivity index (χ1) is 3.21. The van der Waals surface area contributed by atoms with Crippen molar-refractivity contribution in [1.29, 1.82) is 0 Å². The van der Waals surface area contributed by atoms with Gasteiger partial charge in [-0.2, -0.15) is 0 Å². The maximum absolute atomic E-state index is 5.31. The Morgan fingerprint density at radius 2 is 1.57 bits per heavy atom. The molecule has 0 spiro atoms. The monoisotopic (exact) mass is 164 g/mol. The van der Waals surface area contributed by atoms with E-state index in [4.69, 9.17) is 7.53 Å². The minimum atomic E-state index is -1.97. The number of hydrogen-bond donors (Lipinski definition) is 0. The van der Waals surface area contributed by atoms with Crippen LogP contribution in [0.5, 0.6) is 0 Å². The van der Waals surface area contributed by atoms with Crippen molar-refractivity contribution in [2.75, 3.05) is 13.2 Å². The number of rotatable bonds is 0. The van der Waals surface area contributed by atoms with Gasteiger partial charge in [-0.15, -0.1) is 0 Å². The quantitative estimate of drug-likeness (QED) is 0.490. The van der Waals surface area contributed by atoms with Gasteiger partial charge in [0.05, 0.1) is 0 Å². The summed E-state index contributed by atoms with van der Waals surface area (Å²) in [5.41, 5.74) is 0. The van der Waals surface area contributed by atoms with Gasteiger partial charge in [0.2, 0.25) is 0 Å². The zero-order valence-corrected chi connectivity index (χ0v) is 6.83. The summed E-state index contributed by atoms with van der Waals surface area (Å²) < 4.78 is 10.6. The third-order valence-electron chi connectivity index (χ3n) is 0.983. The molecule has 0 atom stereocenters. The molecule has 0 aromatic rings. The summed E-state index contributed by atoms with van der Waals surface area (Å²) in [7, 11) is 0. The SMILES string of the molecule is [CH3][Ge]1([CH3])[O]CC[O]1. The van der Waals surface area contributed by atoms with Gasteiger partial charge < -0.3 is 0 Å². The number of hydrogen-bond acceptors (Lipinski definition) is 2. The molecule has 0 saturated carbocycles. The van der Waals surface area contributed by atoms with Gasteiger partial charge in [-0.05, 0) is 0 Å². The molecule has 1 aliphatic heterocycles. The average Bonchev–Trinajstić information content (AvgIpc) is 1.84. The van der Waals surface area contributed by atoms with Crippen LogP contribution in [0.2, 0.25) is 11.5 Å². The molecular weight excluding hydrogens is 153 g/mol. The van der Waals surface area contributed by atoms with Crippen LogP contribution < -0.4 is 0 Å². The van der Waals surface area contributed by atoms with Crippen molar-refractivity contribution in [3.8, 4) is 0 Å². The van der Waals surface area contributed by atoms with E-state index in [9.17, 15) is 0 Å². The van der Waals surface area contributed by atoms with Crippen LogP contribution in [0.3, 0.4) is 0 Å². The van der Waals surface area contributed by atoms with E-state index >= 15 is 0 Å². The summed E-state index contributed by atoms with van der Waals surface area (Å²) >= 11 is -1.97. The van der Waals surface area contributed by atoms with Crippen molar-refractivity contribution in [2.24, 2.45) is 0 Å². The van der Waals surface area contributed by atoms with E-state index in [1.807, 2.05) is 0 Å². The van der Waals surface area contributed by atoms with Gasteiger partial charge in [0.1, 0.15) is 0 Å². The van der Waals surface area contributed by atoms with E-state index in [0.29, 0.717) is 0 Å². The molecule has 1 aliphatic rings. The molecule has 0 bridgehead atoms. The van der Waals surface area contributed by atoms with Crippen molar-refractivity contribution in [3.63, 3.8) is 0 Å². The molecule has 0 aromatic heterocycles. The van der Waals surface area contributed by atoms with Crippen LogP contribution in [-0.2, 0) is 7.53 Å². The summed E-state index contributed by atoms with van der Waals surface area (Å²) in [6.45, 7) is 1.65. The molecule has 1 saturated heterocycles. The molecule has 0 N–H and O–H groups in total. The van der Waals surface area contributed by atoms with E-state index in [2.05, 4.69) is 11.5 Å². The van der Waals surface area contributed by atoms with E-state index in [0.717, 1.165) is 13.2 Å².